The topological polar surface area (TPSA) is 31.0 Å². The highest BCUT2D eigenvalue weighted by Gasteiger charge is 2.20. The maximum Gasteiger partial charge on any atom is 0.145 e. The molecular weight excluding hydrogens is 536 g/mol. The molecule has 0 saturated heterocycles. The second-order valence-corrected chi connectivity index (χ2v) is 11.2. The van der Waals surface area contributed by atoms with E-state index in [9.17, 15) is 0 Å². The van der Waals surface area contributed by atoms with Gasteiger partial charge in [0, 0.05) is 33.0 Å². The number of nitrogens with zero attached hydrogens (tertiary/aromatic N) is 2. The lowest BCUT2D eigenvalue weighted by molar-refractivity contribution is 0.673. The minimum Gasteiger partial charge on any atom is -0.455 e. The second kappa shape index (κ2) is 9.82. The molecule has 3 heteroatoms. The van der Waals surface area contributed by atoms with Gasteiger partial charge >= 0.3 is 0 Å². The average molecular weight is 563 g/mol. The summed E-state index contributed by atoms with van der Waals surface area (Å²) in [7, 11) is 0. The summed E-state index contributed by atoms with van der Waals surface area (Å²) in [6.45, 7) is 0. The van der Waals surface area contributed by atoms with E-state index in [2.05, 4.69) is 144 Å². The number of fused-ring (bicyclic) bond motifs is 7. The molecule has 0 atom stereocenters. The predicted molar refractivity (Wildman–Crippen MR) is 182 cm³/mol. The minimum atomic E-state index is 0.900. The number of para-hydroxylation sites is 2. The Hall–Kier alpha value is -5.93. The van der Waals surface area contributed by atoms with Crippen LogP contribution in [0.25, 0.3) is 83.1 Å². The van der Waals surface area contributed by atoms with Crippen LogP contribution in [0.15, 0.2) is 162 Å². The van der Waals surface area contributed by atoms with Crippen molar-refractivity contribution in [3.8, 4) is 39.3 Å². The first-order valence-electron chi connectivity index (χ1n) is 14.9. The molecule has 206 valence electrons. The van der Waals surface area contributed by atoms with Crippen molar-refractivity contribution in [3.63, 3.8) is 0 Å². The Labute approximate surface area is 254 Å². The zero-order valence-corrected chi connectivity index (χ0v) is 23.8. The first kappa shape index (κ1) is 24.6. The van der Waals surface area contributed by atoms with Crippen molar-refractivity contribution in [3.05, 3.63) is 158 Å². The summed E-state index contributed by atoms with van der Waals surface area (Å²) in [6.07, 6.45) is 0. The van der Waals surface area contributed by atoms with Crippen LogP contribution in [0.2, 0.25) is 0 Å². The summed E-state index contributed by atoms with van der Waals surface area (Å²) in [4.78, 5) is 5.22. The van der Waals surface area contributed by atoms with Gasteiger partial charge in [0.2, 0.25) is 0 Å². The van der Waals surface area contributed by atoms with Crippen LogP contribution in [-0.4, -0.2) is 9.55 Å². The number of furan rings is 1. The lowest BCUT2D eigenvalue weighted by Gasteiger charge is -2.11. The Bertz CT molecular complexity index is 2420. The molecule has 0 saturated carbocycles. The van der Waals surface area contributed by atoms with Gasteiger partial charge in [0.1, 0.15) is 11.2 Å². The van der Waals surface area contributed by atoms with E-state index >= 15 is 0 Å². The molecule has 0 N–H and O–H groups in total. The van der Waals surface area contributed by atoms with Crippen LogP contribution in [-0.2, 0) is 0 Å². The standard InChI is InChI=1S/C41H26N2O/c1-4-12-27(13-5-1)30-25-35(28-14-6-2-7-15-28)42-36(26-30)29-20-22-37-34(24-29)40-38(43(37)31-16-8-3-9-17-31)23-21-33-32-18-10-11-19-39(32)44-41(33)40/h1-26H. The highest BCUT2D eigenvalue weighted by Crippen LogP contribution is 2.42. The first-order valence-corrected chi connectivity index (χ1v) is 14.9. The number of hydrogen-bond donors (Lipinski definition) is 0. The zero-order valence-electron chi connectivity index (χ0n) is 23.8. The molecule has 0 fully saturated rings. The largest absolute Gasteiger partial charge is 0.455 e. The normalized spacial score (nSPS) is 11.6. The van der Waals surface area contributed by atoms with Crippen molar-refractivity contribution < 1.29 is 4.42 Å². The predicted octanol–water partition coefficient (Wildman–Crippen LogP) is 11.1. The molecule has 9 rings (SSSR count). The highest BCUT2D eigenvalue weighted by molar-refractivity contribution is 6.24. The van der Waals surface area contributed by atoms with E-state index in [0.717, 1.165) is 77.5 Å². The molecule has 0 radical (unpaired) electrons. The number of pyridine rings is 1. The van der Waals surface area contributed by atoms with Gasteiger partial charge in [-0.2, -0.15) is 0 Å². The molecule has 0 aliphatic heterocycles. The maximum atomic E-state index is 6.59. The first-order chi connectivity index (χ1) is 21.8. The van der Waals surface area contributed by atoms with E-state index in [1.165, 1.54) is 5.56 Å². The lowest BCUT2D eigenvalue weighted by Crippen LogP contribution is -1.93. The smallest absolute Gasteiger partial charge is 0.145 e. The van der Waals surface area contributed by atoms with Gasteiger partial charge in [0.25, 0.3) is 0 Å². The van der Waals surface area contributed by atoms with E-state index in [0.29, 0.717) is 0 Å². The summed E-state index contributed by atoms with van der Waals surface area (Å²) < 4.78 is 8.93. The van der Waals surface area contributed by atoms with Crippen LogP contribution < -0.4 is 0 Å². The van der Waals surface area contributed by atoms with Crippen LogP contribution in [0.3, 0.4) is 0 Å². The highest BCUT2D eigenvalue weighted by atomic mass is 16.3. The molecule has 3 heterocycles. The lowest BCUT2D eigenvalue weighted by atomic mass is 9.99. The Morgan fingerprint density at radius 3 is 1.84 bits per heavy atom. The molecule has 0 aliphatic carbocycles. The number of hydrogen-bond acceptors (Lipinski definition) is 2. The Morgan fingerprint density at radius 1 is 0.432 bits per heavy atom. The van der Waals surface area contributed by atoms with Crippen molar-refractivity contribution in [2.75, 3.05) is 0 Å². The molecule has 0 aliphatic rings. The van der Waals surface area contributed by atoms with E-state index < -0.39 is 0 Å². The molecule has 6 aromatic carbocycles. The van der Waals surface area contributed by atoms with Crippen molar-refractivity contribution in [2.45, 2.75) is 0 Å². The Balaban J connectivity index is 1.35. The minimum absolute atomic E-state index is 0.900. The number of benzene rings is 6. The quantitative estimate of drug-likeness (QED) is 0.214. The molecule has 0 unspecified atom stereocenters. The maximum absolute atomic E-state index is 6.59. The fourth-order valence-electron chi connectivity index (χ4n) is 6.53. The van der Waals surface area contributed by atoms with Gasteiger partial charge in [0.05, 0.1) is 27.8 Å². The third-order valence-corrected chi connectivity index (χ3v) is 8.58. The van der Waals surface area contributed by atoms with Crippen molar-refractivity contribution in [2.24, 2.45) is 0 Å². The fourth-order valence-corrected chi connectivity index (χ4v) is 6.53. The molecule has 44 heavy (non-hydrogen) atoms. The van der Waals surface area contributed by atoms with E-state index in [1.54, 1.807) is 0 Å². The zero-order chi connectivity index (χ0) is 29.0. The van der Waals surface area contributed by atoms with Crippen LogP contribution in [0, 0.1) is 0 Å². The van der Waals surface area contributed by atoms with Gasteiger partial charge in [-0.1, -0.05) is 103 Å². The molecule has 3 nitrogen and oxygen atoms in total. The summed E-state index contributed by atoms with van der Waals surface area (Å²) in [5.41, 5.74) is 11.5. The van der Waals surface area contributed by atoms with Gasteiger partial charge in [-0.25, -0.2) is 4.98 Å². The van der Waals surface area contributed by atoms with E-state index in [4.69, 9.17) is 9.40 Å². The molecule has 3 aromatic heterocycles. The Morgan fingerprint density at radius 2 is 1.07 bits per heavy atom. The van der Waals surface area contributed by atoms with E-state index in [-0.39, 0.29) is 0 Å². The third-order valence-electron chi connectivity index (χ3n) is 8.58. The van der Waals surface area contributed by atoms with Gasteiger partial charge in [-0.3, -0.25) is 0 Å². The Kier molecular flexibility index (Phi) is 5.50. The second-order valence-electron chi connectivity index (χ2n) is 11.2. The summed E-state index contributed by atoms with van der Waals surface area (Å²) in [5, 5.41) is 4.51. The summed E-state index contributed by atoms with van der Waals surface area (Å²) in [5.74, 6) is 0. The van der Waals surface area contributed by atoms with Gasteiger partial charge in [0.15, 0.2) is 0 Å². The van der Waals surface area contributed by atoms with Crippen molar-refractivity contribution >= 4 is 43.7 Å². The molecule has 0 amide bonds. The van der Waals surface area contributed by atoms with Gasteiger partial charge < -0.3 is 8.98 Å². The molecular formula is C41H26N2O. The molecule has 0 spiro atoms. The molecule has 9 aromatic rings. The third kappa shape index (κ3) is 3.87. The summed E-state index contributed by atoms with van der Waals surface area (Å²) in [6, 6.07) is 55.3. The van der Waals surface area contributed by atoms with Crippen LogP contribution in [0.5, 0.6) is 0 Å². The monoisotopic (exact) mass is 562 g/mol. The fraction of sp³-hybridized carbons (Fsp3) is 0. The van der Waals surface area contributed by atoms with Crippen molar-refractivity contribution in [1.29, 1.82) is 0 Å². The van der Waals surface area contributed by atoms with Crippen LogP contribution in [0.4, 0.5) is 0 Å². The average Bonchev–Trinajstić information content (AvgIpc) is 3.64. The van der Waals surface area contributed by atoms with Crippen LogP contribution >= 0.6 is 0 Å². The summed E-state index contributed by atoms with van der Waals surface area (Å²) >= 11 is 0. The van der Waals surface area contributed by atoms with Crippen LogP contribution in [0.1, 0.15) is 0 Å². The number of rotatable bonds is 4. The van der Waals surface area contributed by atoms with Crippen molar-refractivity contribution in [1.82, 2.24) is 9.55 Å². The van der Waals surface area contributed by atoms with E-state index in [1.807, 2.05) is 18.2 Å². The number of aromatic nitrogens is 2. The van der Waals surface area contributed by atoms with Gasteiger partial charge in [-0.15, -0.1) is 0 Å². The molecule has 0 bridgehead atoms. The SMILES string of the molecule is c1ccc(-c2cc(-c3ccccc3)nc(-c3ccc4c(c3)c3c5oc6ccccc6c5ccc3n4-c3ccccc3)c2)cc1. The van der Waals surface area contributed by atoms with Gasteiger partial charge in [-0.05, 0) is 65.7 Å².